The number of hydrogen-bond donors (Lipinski definition) is 2. The van der Waals surface area contributed by atoms with Crippen LogP contribution in [0.2, 0.25) is 0 Å². The Balaban J connectivity index is 1.48. The lowest BCUT2D eigenvalue weighted by Gasteiger charge is -2.23. The van der Waals surface area contributed by atoms with E-state index in [9.17, 15) is 14.4 Å². The minimum atomic E-state index is -0.749. The summed E-state index contributed by atoms with van der Waals surface area (Å²) in [7, 11) is 3.87. The summed E-state index contributed by atoms with van der Waals surface area (Å²) in [6, 6.07) is 4.97. The van der Waals surface area contributed by atoms with E-state index in [4.69, 9.17) is 14.2 Å². The van der Waals surface area contributed by atoms with Crippen LogP contribution in [0.15, 0.2) is 18.2 Å². The van der Waals surface area contributed by atoms with Crippen LogP contribution in [-0.4, -0.2) is 87.4 Å². The van der Waals surface area contributed by atoms with Gasteiger partial charge in [-0.1, -0.05) is 0 Å². The van der Waals surface area contributed by atoms with E-state index in [-0.39, 0.29) is 19.2 Å². The Bertz CT molecular complexity index is 769. The smallest absolute Gasteiger partial charge is 0.309 e. The first-order chi connectivity index (χ1) is 14.0. The highest BCUT2D eigenvalue weighted by Crippen LogP contribution is 2.33. The molecule has 1 aromatic carbocycles. The van der Waals surface area contributed by atoms with E-state index < -0.39 is 18.0 Å². The molecule has 158 valence electrons. The fourth-order valence-corrected chi connectivity index (χ4v) is 3.06. The van der Waals surface area contributed by atoms with Crippen molar-refractivity contribution in [1.82, 2.24) is 20.4 Å². The lowest BCUT2D eigenvalue weighted by atomic mass is 10.1. The molecule has 2 N–H and O–H groups in total. The van der Waals surface area contributed by atoms with Crippen LogP contribution in [0.25, 0.3) is 0 Å². The molecular formula is C19H26N4O6. The second-order valence-electron chi connectivity index (χ2n) is 7.01. The molecule has 2 aliphatic heterocycles. The number of carbonyl (C=O) groups is 3. The fourth-order valence-electron chi connectivity index (χ4n) is 3.06. The molecule has 2 heterocycles. The van der Waals surface area contributed by atoms with Crippen LogP contribution in [0.1, 0.15) is 16.8 Å². The van der Waals surface area contributed by atoms with Gasteiger partial charge < -0.3 is 34.6 Å². The number of carbonyl (C=O) groups excluding carboxylic acids is 3. The molecule has 1 aromatic rings. The molecule has 0 radical (unpaired) electrons. The maximum Gasteiger partial charge on any atom is 0.309 e. The first-order valence-corrected chi connectivity index (χ1v) is 9.48. The summed E-state index contributed by atoms with van der Waals surface area (Å²) in [5.74, 6) is -0.573. The molecule has 0 aromatic heterocycles. The van der Waals surface area contributed by atoms with E-state index in [2.05, 4.69) is 10.6 Å². The zero-order chi connectivity index (χ0) is 20.8. The summed E-state index contributed by atoms with van der Waals surface area (Å²) in [4.78, 5) is 40.2. The number of benzene rings is 1. The Morgan fingerprint density at radius 1 is 1.14 bits per heavy atom. The normalized spacial score (nSPS) is 17.5. The summed E-state index contributed by atoms with van der Waals surface area (Å²) in [6.07, 6.45) is 0.105. The van der Waals surface area contributed by atoms with Crippen molar-refractivity contribution in [3.8, 4) is 11.5 Å². The van der Waals surface area contributed by atoms with Crippen molar-refractivity contribution in [3.05, 3.63) is 23.8 Å². The maximum atomic E-state index is 12.8. The standard InChI is InChI=1S/C19H26N4O6/c1-22(2)7-3-6-20-17(24)18(25)21-11-16-23(8-9-27-16)19(26)13-4-5-14-15(10-13)29-12-28-14/h4-5,10,16H,3,6-9,11-12H2,1-2H3,(H,20,24)(H,21,25). The lowest BCUT2D eigenvalue weighted by molar-refractivity contribution is -0.139. The SMILES string of the molecule is CN(C)CCCNC(=O)C(=O)NCC1OCCN1C(=O)c1ccc2c(c1)OCO2. The van der Waals surface area contributed by atoms with Gasteiger partial charge in [-0.05, 0) is 45.3 Å². The number of amides is 3. The summed E-state index contributed by atoms with van der Waals surface area (Å²) in [5.41, 5.74) is 0.440. The third-order valence-corrected chi connectivity index (χ3v) is 4.58. The van der Waals surface area contributed by atoms with Crippen molar-refractivity contribution in [1.29, 1.82) is 0 Å². The van der Waals surface area contributed by atoms with Crippen molar-refractivity contribution < 1.29 is 28.6 Å². The Hall–Kier alpha value is -2.85. The molecule has 2 aliphatic rings. The molecule has 1 fully saturated rings. The maximum absolute atomic E-state index is 12.8. The van der Waals surface area contributed by atoms with Crippen LogP contribution in [0.4, 0.5) is 0 Å². The minimum absolute atomic E-state index is 0.0280. The number of nitrogens with zero attached hydrogens (tertiary/aromatic N) is 2. The van der Waals surface area contributed by atoms with E-state index in [1.807, 2.05) is 19.0 Å². The van der Waals surface area contributed by atoms with Crippen molar-refractivity contribution in [2.75, 3.05) is 53.7 Å². The molecule has 10 nitrogen and oxygen atoms in total. The van der Waals surface area contributed by atoms with Crippen molar-refractivity contribution >= 4 is 17.7 Å². The Morgan fingerprint density at radius 3 is 2.69 bits per heavy atom. The average molecular weight is 406 g/mol. The zero-order valence-corrected chi connectivity index (χ0v) is 16.6. The van der Waals surface area contributed by atoms with Gasteiger partial charge in [-0.25, -0.2) is 0 Å². The van der Waals surface area contributed by atoms with Crippen molar-refractivity contribution in [2.24, 2.45) is 0 Å². The molecule has 0 spiro atoms. The number of hydrogen-bond acceptors (Lipinski definition) is 7. The van der Waals surface area contributed by atoms with Gasteiger partial charge >= 0.3 is 11.8 Å². The van der Waals surface area contributed by atoms with Crippen molar-refractivity contribution in [2.45, 2.75) is 12.6 Å². The van der Waals surface area contributed by atoms with Crippen LogP contribution in [-0.2, 0) is 14.3 Å². The van der Waals surface area contributed by atoms with Crippen LogP contribution < -0.4 is 20.1 Å². The molecule has 1 saturated heterocycles. The second kappa shape index (κ2) is 9.57. The topological polar surface area (TPSA) is 109 Å². The number of rotatable bonds is 7. The minimum Gasteiger partial charge on any atom is -0.454 e. The summed E-state index contributed by atoms with van der Waals surface area (Å²) < 4.78 is 16.1. The van der Waals surface area contributed by atoms with E-state index in [0.717, 1.165) is 13.0 Å². The third kappa shape index (κ3) is 5.36. The highest BCUT2D eigenvalue weighted by molar-refractivity contribution is 6.35. The van der Waals surface area contributed by atoms with Crippen LogP contribution in [0.5, 0.6) is 11.5 Å². The fraction of sp³-hybridized carbons (Fsp3) is 0.526. The largest absolute Gasteiger partial charge is 0.454 e. The molecule has 10 heteroatoms. The molecule has 1 unspecified atom stereocenters. The summed E-state index contributed by atoms with van der Waals surface area (Å²) in [5, 5.41) is 5.10. The summed E-state index contributed by atoms with van der Waals surface area (Å²) in [6.45, 7) is 2.14. The molecule has 1 atom stereocenters. The van der Waals surface area contributed by atoms with Gasteiger partial charge in [-0.3, -0.25) is 14.4 Å². The van der Waals surface area contributed by atoms with E-state index >= 15 is 0 Å². The number of ether oxygens (including phenoxy) is 3. The molecule has 3 rings (SSSR count). The van der Waals surface area contributed by atoms with Crippen LogP contribution >= 0.6 is 0 Å². The first kappa shape index (κ1) is 20.9. The zero-order valence-electron chi connectivity index (χ0n) is 16.6. The monoisotopic (exact) mass is 406 g/mol. The van der Waals surface area contributed by atoms with Gasteiger partial charge in [0.25, 0.3) is 5.91 Å². The molecule has 0 bridgehead atoms. The van der Waals surface area contributed by atoms with Gasteiger partial charge in [0.05, 0.1) is 13.2 Å². The van der Waals surface area contributed by atoms with Gasteiger partial charge in [0, 0.05) is 18.7 Å². The number of fused-ring (bicyclic) bond motifs is 1. The van der Waals surface area contributed by atoms with Gasteiger partial charge in [-0.15, -0.1) is 0 Å². The van der Waals surface area contributed by atoms with Gasteiger partial charge in [0.15, 0.2) is 11.5 Å². The highest BCUT2D eigenvalue weighted by Gasteiger charge is 2.32. The van der Waals surface area contributed by atoms with Crippen LogP contribution in [0.3, 0.4) is 0 Å². The molecule has 29 heavy (non-hydrogen) atoms. The molecule has 0 aliphatic carbocycles. The van der Waals surface area contributed by atoms with E-state index in [1.165, 1.54) is 4.90 Å². The lowest BCUT2D eigenvalue weighted by Crippen LogP contribution is -2.47. The molecule has 3 amide bonds. The van der Waals surface area contributed by atoms with E-state index in [1.54, 1.807) is 18.2 Å². The van der Waals surface area contributed by atoms with Gasteiger partial charge in [0.2, 0.25) is 6.79 Å². The van der Waals surface area contributed by atoms with Gasteiger partial charge in [0.1, 0.15) is 6.23 Å². The molecular weight excluding hydrogens is 380 g/mol. The molecule has 0 saturated carbocycles. The quantitative estimate of drug-likeness (QED) is 0.460. The Morgan fingerprint density at radius 2 is 1.90 bits per heavy atom. The second-order valence-corrected chi connectivity index (χ2v) is 7.01. The predicted octanol–water partition coefficient (Wildman–Crippen LogP) is -0.602. The average Bonchev–Trinajstić information content (AvgIpc) is 3.36. The Labute approximate surface area is 169 Å². The summed E-state index contributed by atoms with van der Waals surface area (Å²) >= 11 is 0. The third-order valence-electron chi connectivity index (χ3n) is 4.58. The van der Waals surface area contributed by atoms with Gasteiger partial charge in [-0.2, -0.15) is 0 Å². The van der Waals surface area contributed by atoms with E-state index in [0.29, 0.717) is 36.8 Å². The van der Waals surface area contributed by atoms with Crippen LogP contribution in [0, 0.1) is 0 Å². The Kier molecular flexibility index (Phi) is 6.89. The highest BCUT2D eigenvalue weighted by atomic mass is 16.7. The number of nitrogens with one attached hydrogen (secondary N) is 2. The predicted molar refractivity (Wildman–Crippen MR) is 103 cm³/mol. The van der Waals surface area contributed by atoms with Crippen molar-refractivity contribution in [3.63, 3.8) is 0 Å². The first-order valence-electron chi connectivity index (χ1n) is 9.48.